The van der Waals surface area contributed by atoms with Crippen LogP contribution in [0.25, 0.3) is 28.3 Å². The fourth-order valence-corrected chi connectivity index (χ4v) is 4.86. The van der Waals surface area contributed by atoms with Crippen LogP contribution in [0.5, 0.6) is 0 Å². The van der Waals surface area contributed by atoms with Crippen molar-refractivity contribution in [3.63, 3.8) is 0 Å². The molecule has 4 aromatic heterocycles. The number of primary amides is 1. The van der Waals surface area contributed by atoms with Crippen LogP contribution in [0.2, 0.25) is 0 Å². The van der Waals surface area contributed by atoms with Crippen molar-refractivity contribution in [3.8, 4) is 22.6 Å². The molecule has 8 nitrogen and oxygen atoms in total. The van der Waals surface area contributed by atoms with Crippen LogP contribution in [0.15, 0.2) is 36.5 Å². The van der Waals surface area contributed by atoms with E-state index in [0.717, 1.165) is 40.6 Å². The van der Waals surface area contributed by atoms with E-state index in [1.54, 1.807) is 4.40 Å². The smallest absolute Gasteiger partial charge is 0.287 e. The van der Waals surface area contributed by atoms with E-state index in [-0.39, 0.29) is 5.82 Å². The van der Waals surface area contributed by atoms with Crippen molar-refractivity contribution in [1.82, 2.24) is 29.1 Å². The Bertz CT molecular complexity index is 1300. The number of rotatable bonds is 3. The standard InChI is InChI=1S/C21H19N7O/c1-11-3-2-4-15(23-11)17-18(28-14-7-5-12(9-14)20(28)24-17)13-6-8-16-25-26-21(19(22)29)27(16)10-13/h2-4,6,8,10,12,14H,5,7,9H2,1H3,(H2,22,29)/t12-,14+/m0/s1. The number of carbonyl (C=O) groups excluding carboxylic acids is 1. The van der Waals surface area contributed by atoms with Gasteiger partial charge in [0.25, 0.3) is 5.91 Å². The lowest BCUT2D eigenvalue weighted by molar-refractivity contribution is 0.0989. The van der Waals surface area contributed by atoms with Crippen LogP contribution >= 0.6 is 0 Å². The van der Waals surface area contributed by atoms with Crippen molar-refractivity contribution in [2.24, 2.45) is 5.73 Å². The van der Waals surface area contributed by atoms with Crippen molar-refractivity contribution in [1.29, 1.82) is 0 Å². The van der Waals surface area contributed by atoms with Gasteiger partial charge in [-0.2, -0.15) is 0 Å². The molecule has 0 saturated heterocycles. The first kappa shape index (κ1) is 16.4. The largest absolute Gasteiger partial charge is 0.363 e. The number of pyridine rings is 2. The Kier molecular flexibility index (Phi) is 3.24. The zero-order valence-corrected chi connectivity index (χ0v) is 15.9. The monoisotopic (exact) mass is 385 g/mol. The summed E-state index contributed by atoms with van der Waals surface area (Å²) >= 11 is 0. The highest BCUT2D eigenvalue weighted by Gasteiger charge is 2.41. The number of aryl methyl sites for hydroxylation is 1. The summed E-state index contributed by atoms with van der Waals surface area (Å²) < 4.78 is 4.03. The molecule has 29 heavy (non-hydrogen) atoms. The first-order valence-electron chi connectivity index (χ1n) is 9.81. The average Bonchev–Trinajstić information content (AvgIpc) is 3.46. The second-order valence-corrected chi connectivity index (χ2v) is 7.90. The Morgan fingerprint density at radius 1 is 1.14 bits per heavy atom. The summed E-state index contributed by atoms with van der Waals surface area (Å²) in [7, 11) is 0. The van der Waals surface area contributed by atoms with Gasteiger partial charge in [0.05, 0.1) is 11.4 Å². The molecule has 6 rings (SSSR count). The third kappa shape index (κ3) is 2.28. The maximum absolute atomic E-state index is 11.8. The fourth-order valence-electron chi connectivity index (χ4n) is 4.86. The van der Waals surface area contributed by atoms with Gasteiger partial charge in [-0.3, -0.25) is 14.2 Å². The van der Waals surface area contributed by atoms with Crippen LogP contribution in [-0.2, 0) is 0 Å². The van der Waals surface area contributed by atoms with Gasteiger partial charge in [0.15, 0.2) is 5.65 Å². The molecule has 0 radical (unpaired) electrons. The molecule has 1 amide bonds. The number of fused-ring (bicyclic) bond motifs is 6. The Balaban J connectivity index is 1.63. The molecular weight excluding hydrogens is 366 g/mol. The molecule has 2 aliphatic rings. The van der Waals surface area contributed by atoms with E-state index < -0.39 is 5.91 Å². The summed E-state index contributed by atoms with van der Waals surface area (Å²) in [5.41, 5.74) is 10.7. The van der Waals surface area contributed by atoms with Gasteiger partial charge in [0.1, 0.15) is 11.5 Å². The Morgan fingerprint density at radius 3 is 2.86 bits per heavy atom. The van der Waals surface area contributed by atoms with Gasteiger partial charge in [-0.1, -0.05) is 6.07 Å². The van der Waals surface area contributed by atoms with Crippen molar-refractivity contribution < 1.29 is 4.79 Å². The molecule has 144 valence electrons. The minimum Gasteiger partial charge on any atom is -0.363 e. The molecule has 2 bridgehead atoms. The minimum atomic E-state index is -0.604. The number of hydrogen-bond donors (Lipinski definition) is 1. The topological polar surface area (TPSA) is 104 Å². The van der Waals surface area contributed by atoms with Crippen molar-refractivity contribution >= 4 is 11.6 Å². The Hall–Kier alpha value is -3.55. The number of aromatic nitrogens is 6. The average molecular weight is 385 g/mol. The lowest BCUT2D eigenvalue weighted by atomic mass is 10.1. The van der Waals surface area contributed by atoms with Crippen LogP contribution in [0, 0.1) is 6.92 Å². The van der Waals surface area contributed by atoms with Crippen molar-refractivity contribution in [2.75, 3.05) is 0 Å². The molecule has 8 heteroatoms. The van der Waals surface area contributed by atoms with Crippen LogP contribution in [0.1, 0.15) is 53.4 Å². The van der Waals surface area contributed by atoms with E-state index in [4.69, 9.17) is 15.7 Å². The number of amides is 1. The fraction of sp³-hybridized carbons (Fsp3) is 0.286. The summed E-state index contributed by atoms with van der Waals surface area (Å²) in [6, 6.07) is 10.3. The van der Waals surface area contributed by atoms with Crippen LogP contribution in [-0.4, -0.2) is 35.0 Å². The van der Waals surface area contributed by atoms with Crippen molar-refractivity contribution in [3.05, 3.63) is 53.9 Å². The summed E-state index contributed by atoms with van der Waals surface area (Å²) in [5.74, 6) is 1.18. The second kappa shape index (κ2) is 5.73. The molecule has 2 N–H and O–H groups in total. The first-order chi connectivity index (χ1) is 14.1. The third-order valence-corrected chi connectivity index (χ3v) is 6.10. The molecule has 1 aliphatic carbocycles. The van der Waals surface area contributed by atoms with Crippen molar-refractivity contribution in [2.45, 2.75) is 38.1 Å². The summed E-state index contributed by atoms with van der Waals surface area (Å²) in [6.45, 7) is 1.99. The number of hydrogen-bond acceptors (Lipinski definition) is 5. The molecule has 0 unspecified atom stereocenters. The lowest BCUT2D eigenvalue weighted by Gasteiger charge is -2.17. The lowest BCUT2D eigenvalue weighted by Crippen LogP contribution is -2.15. The maximum Gasteiger partial charge on any atom is 0.287 e. The van der Waals surface area contributed by atoms with Gasteiger partial charge < -0.3 is 10.3 Å². The molecule has 5 heterocycles. The Morgan fingerprint density at radius 2 is 2.03 bits per heavy atom. The van der Waals surface area contributed by atoms with Crippen LogP contribution in [0.4, 0.5) is 0 Å². The van der Waals surface area contributed by atoms with E-state index in [2.05, 4.69) is 14.8 Å². The molecule has 4 aromatic rings. The number of carbonyl (C=O) groups is 1. The SMILES string of the molecule is Cc1cccc(-c2nc3n(c2-c2ccc4nnc(C(N)=O)n4c2)[C@@H]2CC[C@H]3C2)n1. The number of nitrogens with two attached hydrogens (primary N) is 1. The highest BCUT2D eigenvalue weighted by molar-refractivity contribution is 5.90. The van der Waals surface area contributed by atoms with Gasteiger partial charge in [-0.15, -0.1) is 10.2 Å². The maximum atomic E-state index is 11.8. The third-order valence-electron chi connectivity index (χ3n) is 6.10. The van der Waals surface area contributed by atoms with Crippen LogP contribution in [0.3, 0.4) is 0 Å². The minimum absolute atomic E-state index is 0.125. The van der Waals surface area contributed by atoms with E-state index in [1.165, 1.54) is 12.8 Å². The van der Waals surface area contributed by atoms with Gasteiger partial charge in [0.2, 0.25) is 5.82 Å². The second-order valence-electron chi connectivity index (χ2n) is 7.90. The highest BCUT2D eigenvalue weighted by Crippen LogP contribution is 2.52. The zero-order valence-electron chi connectivity index (χ0n) is 15.9. The predicted molar refractivity (Wildman–Crippen MR) is 106 cm³/mol. The molecule has 1 saturated carbocycles. The van der Waals surface area contributed by atoms with E-state index in [9.17, 15) is 4.79 Å². The normalized spacial score (nSPS) is 19.8. The quantitative estimate of drug-likeness (QED) is 0.584. The number of nitrogens with zero attached hydrogens (tertiary/aromatic N) is 6. The van der Waals surface area contributed by atoms with Gasteiger partial charge in [0, 0.05) is 29.4 Å². The number of imidazole rings is 1. The molecular formula is C21H19N7O. The molecule has 0 spiro atoms. The zero-order chi connectivity index (χ0) is 19.7. The summed E-state index contributed by atoms with van der Waals surface area (Å²) in [4.78, 5) is 21.5. The van der Waals surface area contributed by atoms with Gasteiger partial charge in [-0.05, 0) is 50.5 Å². The highest BCUT2D eigenvalue weighted by atomic mass is 16.1. The Labute approximate surface area is 166 Å². The summed E-state index contributed by atoms with van der Waals surface area (Å²) in [6.07, 6.45) is 5.39. The predicted octanol–water partition coefficient (Wildman–Crippen LogP) is 2.88. The first-order valence-corrected chi connectivity index (χ1v) is 9.81. The van der Waals surface area contributed by atoms with Gasteiger partial charge in [-0.25, -0.2) is 4.98 Å². The van der Waals surface area contributed by atoms with E-state index in [1.807, 2.05) is 43.5 Å². The van der Waals surface area contributed by atoms with E-state index >= 15 is 0 Å². The van der Waals surface area contributed by atoms with Gasteiger partial charge >= 0.3 is 0 Å². The van der Waals surface area contributed by atoms with Crippen LogP contribution < -0.4 is 5.73 Å². The molecule has 0 aromatic carbocycles. The summed E-state index contributed by atoms with van der Waals surface area (Å²) in [5, 5.41) is 7.97. The molecule has 1 fully saturated rings. The van der Waals surface area contributed by atoms with E-state index in [0.29, 0.717) is 17.6 Å². The molecule has 1 aliphatic heterocycles. The molecule has 2 atom stereocenters.